The van der Waals surface area contributed by atoms with Crippen molar-refractivity contribution in [3.63, 3.8) is 0 Å². The Labute approximate surface area is 123 Å². The summed E-state index contributed by atoms with van der Waals surface area (Å²) in [5.74, 6) is 0. The van der Waals surface area contributed by atoms with E-state index < -0.39 is 12.7 Å². The van der Waals surface area contributed by atoms with Gasteiger partial charge in [-0.2, -0.15) is 23.7 Å². The van der Waals surface area contributed by atoms with Crippen LogP contribution in [-0.2, 0) is 0 Å². The number of piperazine rings is 1. The summed E-state index contributed by atoms with van der Waals surface area (Å²) in [4.78, 5) is 3.40. The highest BCUT2D eigenvalue weighted by molar-refractivity contribution is 7.17. The highest BCUT2D eigenvalue weighted by Crippen LogP contribution is 2.37. The Morgan fingerprint density at radius 2 is 1.76 bits per heavy atom. The van der Waals surface area contributed by atoms with Crippen molar-refractivity contribution >= 4 is 22.0 Å². The number of rotatable bonds is 2. The largest absolute Gasteiger partial charge is 0.401 e. The fourth-order valence-electron chi connectivity index (χ4n) is 2.21. The molecular weight excluding hydrogens is 303 g/mol. The van der Waals surface area contributed by atoms with Crippen molar-refractivity contribution < 1.29 is 13.2 Å². The van der Waals surface area contributed by atoms with Crippen LogP contribution in [0.25, 0.3) is 0 Å². The lowest BCUT2D eigenvalue weighted by molar-refractivity contribution is -0.146. The first-order valence-electron chi connectivity index (χ1n) is 6.12. The molecule has 2 heterocycles. The molecule has 5 nitrogen and oxygen atoms in total. The van der Waals surface area contributed by atoms with Crippen molar-refractivity contribution in [2.75, 3.05) is 43.4 Å². The topological polar surface area (TPSA) is 80.1 Å². The van der Waals surface area contributed by atoms with E-state index in [1.807, 2.05) is 17.0 Å². The Morgan fingerprint density at radius 1 is 1.14 bits per heavy atom. The molecule has 1 aliphatic heterocycles. The zero-order valence-electron chi connectivity index (χ0n) is 10.9. The number of hydrogen-bond donors (Lipinski definition) is 1. The first-order valence-corrected chi connectivity index (χ1v) is 6.94. The van der Waals surface area contributed by atoms with Gasteiger partial charge in [-0.15, -0.1) is 11.3 Å². The first-order chi connectivity index (χ1) is 9.85. The normalized spacial score (nSPS) is 16.5. The molecule has 0 saturated carbocycles. The molecule has 0 unspecified atom stereocenters. The van der Waals surface area contributed by atoms with Gasteiger partial charge in [-0.05, 0) is 0 Å². The molecule has 0 radical (unpaired) electrons. The van der Waals surface area contributed by atoms with E-state index in [9.17, 15) is 13.2 Å². The third-order valence-corrected chi connectivity index (χ3v) is 4.37. The van der Waals surface area contributed by atoms with E-state index in [0.717, 1.165) is 11.3 Å². The zero-order valence-corrected chi connectivity index (χ0v) is 11.8. The summed E-state index contributed by atoms with van der Waals surface area (Å²) in [6.45, 7) is 0.321. The highest BCUT2D eigenvalue weighted by Gasteiger charge is 2.33. The Bertz CT molecular complexity index is 602. The molecule has 21 heavy (non-hydrogen) atoms. The maximum atomic E-state index is 12.3. The summed E-state index contributed by atoms with van der Waals surface area (Å²) < 4.78 is 37.0. The number of nitriles is 2. The Morgan fingerprint density at radius 3 is 2.24 bits per heavy atom. The molecule has 112 valence electrons. The smallest absolute Gasteiger partial charge is 0.396 e. The van der Waals surface area contributed by atoms with Crippen LogP contribution in [0.2, 0.25) is 0 Å². The van der Waals surface area contributed by atoms with Crippen LogP contribution in [0.4, 0.5) is 23.9 Å². The van der Waals surface area contributed by atoms with E-state index in [2.05, 4.69) is 0 Å². The van der Waals surface area contributed by atoms with Crippen LogP contribution in [0.5, 0.6) is 0 Å². The van der Waals surface area contributed by atoms with Crippen molar-refractivity contribution in [2.45, 2.75) is 6.18 Å². The van der Waals surface area contributed by atoms with Gasteiger partial charge in [0.2, 0.25) is 0 Å². The molecule has 2 rings (SSSR count). The molecule has 0 amide bonds. The second-order valence-electron chi connectivity index (χ2n) is 4.63. The predicted molar refractivity (Wildman–Crippen MR) is 72.9 cm³/mol. The zero-order chi connectivity index (χ0) is 15.6. The molecule has 1 aromatic heterocycles. The van der Waals surface area contributed by atoms with Gasteiger partial charge in [-0.3, -0.25) is 4.90 Å². The van der Waals surface area contributed by atoms with Gasteiger partial charge in [-0.1, -0.05) is 0 Å². The molecule has 2 N–H and O–H groups in total. The fraction of sp³-hybridized carbons (Fsp3) is 0.500. The SMILES string of the molecule is N#Cc1sc(N2CCN(CC(F)(F)F)CC2)c(C#N)c1N. The quantitative estimate of drug-likeness (QED) is 0.899. The third-order valence-electron chi connectivity index (χ3n) is 3.20. The minimum Gasteiger partial charge on any atom is -0.396 e. The van der Waals surface area contributed by atoms with Crippen LogP contribution in [-0.4, -0.2) is 43.8 Å². The van der Waals surface area contributed by atoms with Gasteiger partial charge in [0.1, 0.15) is 27.6 Å². The minimum absolute atomic E-state index is 0.151. The second-order valence-corrected chi connectivity index (χ2v) is 5.63. The summed E-state index contributed by atoms with van der Waals surface area (Å²) in [5, 5.41) is 18.6. The molecule has 9 heteroatoms. The number of anilines is 2. The maximum absolute atomic E-state index is 12.3. The summed E-state index contributed by atoms with van der Waals surface area (Å²) in [7, 11) is 0. The van der Waals surface area contributed by atoms with Gasteiger partial charge in [0.25, 0.3) is 0 Å². The van der Waals surface area contributed by atoms with Gasteiger partial charge in [0, 0.05) is 26.2 Å². The van der Waals surface area contributed by atoms with E-state index >= 15 is 0 Å². The number of alkyl halides is 3. The third kappa shape index (κ3) is 3.38. The molecule has 1 fully saturated rings. The predicted octanol–water partition coefficient (Wildman–Crippen LogP) is 1.76. The summed E-state index contributed by atoms with van der Waals surface area (Å²) in [6, 6.07) is 3.89. The molecule has 0 atom stereocenters. The van der Waals surface area contributed by atoms with Crippen LogP contribution in [0.3, 0.4) is 0 Å². The van der Waals surface area contributed by atoms with Crippen molar-refractivity contribution in [1.82, 2.24) is 4.90 Å². The van der Waals surface area contributed by atoms with Gasteiger partial charge in [0.05, 0.1) is 12.2 Å². The van der Waals surface area contributed by atoms with Gasteiger partial charge >= 0.3 is 6.18 Å². The molecule has 1 saturated heterocycles. The molecular formula is C12H12F3N5S. The minimum atomic E-state index is -4.21. The lowest BCUT2D eigenvalue weighted by Gasteiger charge is -2.35. The lowest BCUT2D eigenvalue weighted by Crippen LogP contribution is -2.49. The Balaban J connectivity index is 2.10. The van der Waals surface area contributed by atoms with E-state index in [0.29, 0.717) is 18.1 Å². The Hall–Kier alpha value is -1.97. The number of nitrogens with two attached hydrogens (primary N) is 1. The number of nitrogen functional groups attached to an aromatic ring is 1. The van der Waals surface area contributed by atoms with Crippen LogP contribution in [0, 0.1) is 22.7 Å². The highest BCUT2D eigenvalue weighted by atomic mass is 32.1. The number of nitrogens with zero attached hydrogens (tertiary/aromatic N) is 4. The molecule has 1 aliphatic rings. The van der Waals surface area contributed by atoms with Crippen molar-refractivity contribution in [1.29, 1.82) is 10.5 Å². The molecule has 1 aromatic rings. The summed E-state index contributed by atoms with van der Waals surface area (Å²) >= 11 is 1.11. The number of hydrogen-bond acceptors (Lipinski definition) is 6. The summed E-state index contributed by atoms with van der Waals surface area (Å²) in [6.07, 6.45) is -4.21. The van der Waals surface area contributed by atoms with Gasteiger partial charge < -0.3 is 10.6 Å². The van der Waals surface area contributed by atoms with Crippen LogP contribution in [0.1, 0.15) is 10.4 Å². The second kappa shape index (κ2) is 5.80. The van der Waals surface area contributed by atoms with E-state index in [1.54, 1.807) is 0 Å². The van der Waals surface area contributed by atoms with Gasteiger partial charge in [-0.25, -0.2) is 0 Å². The van der Waals surface area contributed by atoms with Crippen molar-refractivity contribution in [2.24, 2.45) is 0 Å². The lowest BCUT2D eigenvalue weighted by atomic mass is 10.2. The summed E-state index contributed by atoms with van der Waals surface area (Å²) in [5.41, 5.74) is 6.11. The monoisotopic (exact) mass is 315 g/mol. The van der Waals surface area contributed by atoms with E-state index in [-0.39, 0.29) is 29.2 Å². The number of thiophene rings is 1. The number of halogens is 3. The first kappa shape index (κ1) is 15.4. The standard InChI is InChI=1S/C12H12F3N5S/c13-12(14,15)7-19-1-3-20(4-2-19)11-8(5-16)10(18)9(6-17)21-11/h1-4,7,18H2. The Kier molecular flexibility index (Phi) is 4.26. The molecule has 0 bridgehead atoms. The average molecular weight is 315 g/mol. The van der Waals surface area contributed by atoms with Crippen molar-refractivity contribution in [3.8, 4) is 12.1 Å². The molecule has 0 aliphatic carbocycles. The van der Waals surface area contributed by atoms with Crippen molar-refractivity contribution in [3.05, 3.63) is 10.4 Å². The van der Waals surface area contributed by atoms with Gasteiger partial charge in [0.15, 0.2) is 0 Å². The van der Waals surface area contributed by atoms with E-state index in [1.165, 1.54) is 4.90 Å². The fourth-order valence-corrected chi connectivity index (χ4v) is 3.23. The molecule has 0 spiro atoms. The molecule has 0 aromatic carbocycles. The van der Waals surface area contributed by atoms with Crippen LogP contribution in [0.15, 0.2) is 0 Å². The maximum Gasteiger partial charge on any atom is 0.401 e. The van der Waals surface area contributed by atoms with E-state index in [4.69, 9.17) is 16.3 Å². The van der Waals surface area contributed by atoms with Crippen LogP contribution >= 0.6 is 11.3 Å². The average Bonchev–Trinajstić information content (AvgIpc) is 2.74. The van der Waals surface area contributed by atoms with Crippen LogP contribution < -0.4 is 10.6 Å².